The molecule has 1 N–H and O–H groups in total. The lowest BCUT2D eigenvalue weighted by atomic mass is 10.0. The van der Waals surface area contributed by atoms with Crippen molar-refractivity contribution >= 4 is 11.6 Å². The van der Waals surface area contributed by atoms with Gasteiger partial charge in [0.2, 0.25) is 0 Å². The Morgan fingerprint density at radius 1 is 1.35 bits per heavy atom. The molecular weight excluding hydrogens is 284 g/mol. The van der Waals surface area contributed by atoms with E-state index in [1.165, 1.54) is 31.7 Å². The topological polar surface area (TPSA) is 21.3 Å². The summed E-state index contributed by atoms with van der Waals surface area (Å²) in [4.78, 5) is 0. The van der Waals surface area contributed by atoms with Crippen LogP contribution in [0.5, 0.6) is 5.75 Å². The van der Waals surface area contributed by atoms with E-state index in [1.807, 2.05) is 0 Å². The lowest BCUT2D eigenvalue weighted by molar-refractivity contribution is -0.0505. The minimum Gasteiger partial charge on any atom is -0.434 e. The molecule has 2 nitrogen and oxygen atoms in total. The van der Waals surface area contributed by atoms with Crippen LogP contribution in [0, 0.1) is 11.3 Å². The summed E-state index contributed by atoms with van der Waals surface area (Å²) in [7, 11) is 0. The number of hydrogen-bond acceptors (Lipinski definition) is 2. The minimum absolute atomic E-state index is 0.202. The van der Waals surface area contributed by atoms with Gasteiger partial charge in [-0.1, -0.05) is 11.6 Å². The second-order valence-electron chi connectivity index (χ2n) is 5.87. The van der Waals surface area contributed by atoms with Crippen LogP contribution in [0.2, 0.25) is 5.02 Å². The Morgan fingerprint density at radius 2 is 2.10 bits per heavy atom. The van der Waals surface area contributed by atoms with Gasteiger partial charge >= 0.3 is 6.61 Å². The van der Waals surface area contributed by atoms with E-state index < -0.39 is 6.61 Å². The van der Waals surface area contributed by atoms with Gasteiger partial charge in [0.1, 0.15) is 5.75 Å². The molecule has 2 saturated carbocycles. The van der Waals surface area contributed by atoms with Crippen molar-refractivity contribution in [1.29, 1.82) is 0 Å². The summed E-state index contributed by atoms with van der Waals surface area (Å²) in [6.07, 6.45) is 5.28. The highest BCUT2D eigenvalue weighted by atomic mass is 35.5. The Morgan fingerprint density at radius 3 is 2.70 bits per heavy atom. The summed E-state index contributed by atoms with van der Waals surface area (Å²) in [5.74, 6) is 1.08. The summed E-state index contributed by atoms with van der Waals surface area (Å²) in [6, 6.07) is 4.75. The second kappa shape index (κ2) is 5.49. The molecule has 0 radical (unpaired) electrons. The number of halogens is 3. The predicted molar refractivity (Wildman–Crippen MR) is 74.2 cm³/mol. The monoisotopic (exact) mass is 301 g/mol. The van der Waals surface area contributed by atoms with Crippen LogP contribution < -0.4 is 10.1 Å². The van der Waals surface area contributed by atoms with Gasteiger partial charge in [-0.3, -0.25) is 0 Å². The van der Waals surface area contributed by atoms with Crippen LogP contribution in [0.3, 0.4) is 0 Å². The van der Waals surface area contributed by atoms with Crippen molar-refractivity contribution in [3.05, 3.63) is 28.8 Å². The zero-order valence-electron chi connectivity index (χ0n) is 11.2. The first-order valence-corrected chi connectivity index (χ1v) is 7.41. The van der Waals surface area contributed by atoms with Gasteiger partial charge < -0.3 is 10.1 Å². The number of benzene rings is 1. The number of ether oxygens (including phenoxy) is 1. The van der Waals surface area contributed by atoms with Gasteiger partial charge in [0, 0.05) is 23.7 Å². The molecule has 0 amide bonds. The molecule has 0 spiro atoms. The lowest BCUT2D eigenvalue weighted by Gasteiger charge is -2.16. The third-order valence-electron chi connectivity index (χ3n) is 4.37. The van der Waals surface area contributed by atoms with E-state index in [-0.39, 0.29) is 5.75 Å². The van der Waals surface area contributed by atoms with Crippen LogP contribution in [0.25, 0.3) is 0 Å². The number of hydrogen-bond donors (Lipinski definition) is 1. The summed E-state index contributed by atoms with van der Waals surface area (Å²) in [6.45, 7) is -1.34. The van der Waals surface area contributed by atoms with E-state index in [2.05, 4.69) is 10.1 Å². The van der Waals surface area contributed by atoms with Crippen molar-refractivity contribution in [2.45, 2.75) is 38.8 Å². The van der Waals surface area contributed by atoms with E-state index in [0.29, 0.717) is 22.5 Å². The summed E-state index contributed by atoms with van der Waals surface area (Å²) >= 11 is 5.92. The Bertz CT molecular complexity index is 487. The number of alkyl halides is 2. The molecule has 0 aliphatic heterocycles. The molecule has 110 valence electrons. The summed E-state index contributed by atoms with van der Waals surface area (Å²) in [5, 5.41) is 3.92. The van der Waals surface area contributed by atoms with Gasteiger partial charge in [-0.25, -0.2) is 0 Å². The fourth-order valence-corrected chi connectivity index (χ4v) is 3.12. The van der Waals surface area contributed by atoms with Crippen LogP contribution in [0.1, 0.15) is 31.2 Å². The Labute approximate surface area is 122 Å². The second-order valence-corrected chi connectivity index (χ2v) is 6.31. The Kier molecular flexibility index (Phi) is 3.87. The van der Waals surface area contributed by atoms with Gasteiger partial charge in [-0.05, 0) is 55.2 Å². The molecule has 3 rings (SSSR count). The van der Waals surface area contributed by atoms with E-state index in [0.717, 1.165) is 12.5 Å². The van der Waals surface area contributed by atoms with Crippen LogP contribution >= 0.6 is 11.6 Å². The van der Waals surface area contributed by atoms with Crippen molar-refractivity contribution < 1.29 is 13.5 Å². The molecule has 2 aliphatic carbocycles. The van der Waals surface area contributed by atoms with E-state index in [1.54, 1.807) is 12.1 Å². The molecular formula is C15H18ClF2NO. The first kappa shape index (κ1) is 14.1. The minimum atomic E-state index is -2.81. The smallest absolute Gasteiger partial charge is 0.387 e. The fourth-order valence-electron chi connectivity index (χ4n) is 2.93. The van der Waals surface area contributed by atoms with Crippen LogP contribution in [-0.2, 0) is 6.54 Å². The molecule has 5 heteroatoms. The fraction of sp³-hybridized carbons (Fsp3) is 0.600. The molecule has 2 aliphatic rings. The highest BCUT2D eigenvalue weighted by Crippen LogP contribution is 2.60. The molecule has 0 saturated heterocycles. The molecule has 0 heterocycles. The van der Waals surface area contributed by atoms with E-state index >= 15 is 0 Å². The highest BCUT2D eigenvalue weighted by Gasteiger charge is 2.53. The first-order valence-electron chi connectivity index (χ1n) is 7.03. The molecule has 0 atom stereocenters. The molecule has 0 bridgehead atoms. The lowest BCUT2D eigenvalue weighted by Crippen LogP contribution is -2.25. The van der Waals surface area contributed by atoms with E-state index in [9.17, 15) is 8.78 Å². The van der Waals surface area contributed by atoms with Crippen LogP contribution in [-0.4, -0.2) is 13.2 Å². The summed E-state index contributed by atoms with van der Waals surface area (Å²) < 4.78 is 29.2. The third-order valence-corrected chi connectivity index (χ3v) is 4.60. The first-order chi connectivity index (χ1) is 9.59. The van der Waals surface area contributed by atoms with Gasteiger partial charge in [0.25, 0.3) is 0 Å². The van der Waals surface area contributed by atoms with Gasteiger partial charge in [0.15, 0.2) is 0 Å². The maximum Gasteiger partial charge on any atom is 0.387 e. The number of nitrogens with one attached hydrogen (secondary N) is 1. The standard InChI is InChI=1S/C15H18ClF2NO/c16-12-3-4-13(20-14(17)18)10(7-12)8-19-9-15(5-6-15)11-1-2-11/h3-4,7,11,14,19H,1-2,5-6,8-9H2. The largest absolute Gasteiger partial charge is 0.434 e. The predicted octanol–water partition coefficient (Wildman–Crippen LogP) is 4.22. The normalized spacial score (nSPS) is 20.2. The van der Waals surface area contributed by atoms with Crippen molar-refractivity contribution in [2.75, 3.05) is 6.54 Å². The van der Waals surface area contributed by atoms with Crippen molar-refractivity contribution in [2.24, 2.45) is 11.3 Å². The van der Waals surface area contributed by atoms with E-state index in [4.69, 9.17) is 11.6 Å². The molecule has 0 aromatic heterocycles. The molecule has 1 aromatic rings. The van der Waals surface area contributed by atoms with Crippen molar-refractivity contribution in [1.82, 2.24) is 5.32 Å². The maximum absolute atomic E-state index is 12.4. The van der Waals surface area contributed by atoms with Gasteiger partial charge in [-0.15, -0.1) is 0 Å². The van der Waals surface area contributed by atoms with Crippen LogP contribution in [0.15, 0.2) is 18.2 Å². The number of rotatable bonds is 7. The maximum atomic E-state index is 12.4. The quantitative estimate of drug-likeness (QED) is 0.814. The SMILES string of the molecule is FC(F)Oc1ccc(Cl)cc1CNCC1(C2CC2)CC1. The highest BCUT2D eigenvalue weighted by molar-refractivity contribution is 6.30. The summed E-state index contributed by atoms with van der Waals surface area (Å²) in [5.41, 5.74) is 1.17. The van der Waals surface area contributed by atoms with Crippen LogP contribution in [0.4, 0.5) is 8.78 Å². The van der Waals surface area contributed by atoms with Gasteiger partial charge in [0.05, 0.1) is 0 Å². The van der Waals surface area contributed by atoms with Crippen molar-refractivity contribution in [3.8, 4) is 5.75 Å². The Balaban J connectivity index is 1.59. The molecule has 20 heavy (non-hydrogen) atoms. The zero-order valence-corrected chi connectivity index (χ0v) is 11.9. The Hall–Kier alpha value is -0.870. The molecule has 0 unspecified atom stereocenters. The average Bonchev–Trinajstić information content (AvgIpc) is 3.25. The molecule has 1 aromatic carbocycles. The zero-order chi connectivity index (χ0) is 14.2. The van der Waals surface area contributed by atoms with Gasteiger partial charge in [-0.2, -0.15) is 8.78 Å². The average molecular weight is 302 g/mol. The van der Waals surface area contributed by atoms with Crippen molar-refractivity contribution in [3.63, 3.8) is 0 Å². The third kappa shape index (κ3) is 3.23. The molecule has 2 fully saturated rings.